The Morgan fingerprint density at radius 1 is 1.16 bits per heavy atom. The van der Waals surface area contributed by atoms with Gasteiger partial charge in [-0.15, -0.1) is 0 Å². The van der Waals surface area contributed by atoms with Crippen molar-refractivity contribution >= 4 is 23.3 Å². The summed E-state index contributed by atoms with van der Waals surface area (Å²) >= 11 is 5.91. The summed E-state index contributed by atoms with van der Waals surface area (Å²) < 4.78 is 18.3. The average molecular weight is 364 g/mol. The molecule has 2 rings (SSSR count). The highest BCUT2D eigenvalue weighted by Gasteiger charge is 2.13. The third-order valence-corrected chi connectivity index (χ3v) is 3.81. The van der Waals surface area contributed by atoms with Crippen molar-refractivity contribution in [2.75, 3.05) is 13.2 Å². The molecular weight excluding hydrogens is 345 g/mol. The van der Waals surface area contributed by atoms with Crippen LogP contribution in [0.2, 0.25) is 5.02 Å². The second kappa shape index (κ2) is 9.18. The second-order valence-corrected chi connectivity index (χ2v) is 5.87. The van der Waals surface area contributed by atoms with E-state index in [4.69, 9.17) is 16.3 Å². The van der Waals surface area contributed by atoms with Gasteiger partial charge in [-0.25, -0.2) is 4.39 Å². The first-order chi connectivity index (χ1) is 12.0. The average Bonchev–Trinajstić information content (AvgIpc) is 2.61. The molecule has 1 amide bonds. The standard InChI is InChI=1S/C19H19ClFNO3/c1-2-17(23)16-11-14(20)5-8-18(16)25-12-19(24)22-10-9-13-3-6-15(21)7-4-13/h3-8,11H,2,9-10,12H2,1H3,(H,22,24). The van der Waals surface area contributed by atoms with E-state index >= 15 is 0 Å². The Labute approximate surface area is 150 Å². The number of carbonyl (C=O) groups is 2. The third kappa shape index (κ3) is 5.87. The van der Waals surface area contributed by atoms with Crippen molar-refractivity contribution in [1.29, 1.82) is 0 Å². The Balaban J connectivity index is 1.83. The molecule has 0 heterocycles. The summed E-state index contributed by atoms with van der Waals surface area (Å²) in [4.78, 5) is 23.8. The van der Waals surface area contributed by atoms with Gasteiger partial charge < -0.3 is 10.1 Å². The molecule has 0 fully saturated rings. The number of carbonyl (C=O) groups excluding carboxylic acids is 2. The van der Waals surface area contributed by atoms with Crippen molar-refractivity contribution in [1.82, 2.24) is 5.32 Å². The first kappa shape index (κ1) is 18.9. The summed E-state index contributed by atoms with van der Waals surface area (Å²) in [7, 11) is 0. The zero-order valence-electron chi connectivity index (χ0n) is 13.9. The number of ketones is 1. The number of benzene rings is 2. The largest absolute Gasteiger partial charge is 0.483 e. The lowest BCUT2D eigenvalue weighted by Crippen LogP contribution is -2.30. The molecule has 1 N–H and O–H groups in total. The molecule has 0 aliphatic carbocycles. The Morgan fingerprint density at radius 3 is 2.56 bits per heavy atom. The molecule has 0 bridgehead atoms. The van der Waals surface area contributed by atoms with Crippen molar-refractivity contribution in [3.63, 3.8) is 0 Å². The lowest BCUT2D eigenvalue weighted by molar-refractivity contribution is -0.123. The highest BCUT2D eigenvalue weighted by molar-refractivity contribution is 6.31. The van der Waals surface area contributed by atoms with E-state index in [9.17, 15) is 14.0 Å². The van der Waals surface area contributed by atoms with E-state index in [1.807, 2.05) is 0 Å². The van der Waals surface area contributed by atoms with Crippen LogP contribution in [-0.4, -0.2) is 24.8 Å². The highest BCUT2D eigenvalue weighted by atomic mass is 35.5. The molecule has 0 aromatic heterocycles. The first-order valence-corrected chi connectivity index (χ1v) is 8.34. The second-order valence-electron chi connectivity index (χ2n) is 5.43. The van der Waals surface area contributed by atoms with Crippen LogP contribution in [0, 0.1) is 5.82 Å². The molecule has 2 aromatic carbocycles. The van der Waals surface area contributed by atoms with E-state index in [0.29, 0.717) is 35.7 Å². The van der Waals surface area contributed by atoms with E-state index in [2.05, 4.69) is 5.32 Å². The summed E-state index contributed by atoms with van der Waals surface area (Å²) in [5.41, 5.74) is 1.30. The Kier molecular flexibility index (Phi) is 6.95. The molecule has 132 valence electrons. The van der Waals surface area contributed by atoms with Crippen LogP contribution >= 0.6 is 11.6 Å². The molecule has 0 aliphatic rings. The van der Waals surface area contributed by atoms with Crippen LogP contribution < -0.4 is 10.1 Å². The molecule has 0 atom stereocenters. The van der Waals surface area contributed by atoms with E-state index in [1.165, 1.54) is 18.2 Å². The third-order valence-electron chi connectivity index (χ3n) is 3.57. The summed E-state index contributed by atoms with van der Waals surface area (Å²) in [6.45, 7) is 1.96. The van der Waals surface area contributed by atoms with Crippen LogP contribution in [0.25, 0.3) is 0 Å². The van der Waals surface area contributed by atoms with Gasteiger partial charge in [0.2, 0.25) is 0 Å². The van der Waals surface area contributed by atoms with Crippen molar-refractivity contribution in [2.45, 2.75) is 19.8 Å². The predicted octanol–water partition coefficient (Wildman–Crippen LogP) is 3.81. The van der Waals surface area contributed by atoms with Crippen LogP contribution in [0.3, 0.4) is 0 Å². The van der Waals surface area contributed by atoms with Gasteiger partial charge in [0.1, 0.15) is 11.6 Å². The normalized spacial score (nSPS) is 10.4. The lowest BCUT2D eigenvalue weighted by atomic mass is 10.1. The molecule has 0 unspecified atom stereocenters. The van der Waals surface area contributed by atoms with Crippen molar-refractivity contribution in [2.24, 2.45) is 0 Å². The van der Waals surface area contributed by atoms with E-state index < -0.39 is 0 Å². The fourth-order valence-corrected chi connectivity index (χ4v) is 2.40. The monoisotopic (exact) mass is 363 g/mol. The summed E-state index contributed by atoms with van der Waals surface area (Å²) in [5, 5.41) is 3.16. The molecular formula is C19H19ClFNO3. The SMILES string of the molecule is CCC(=O)c1cc(Cl)ccc1OCC(=O)NCCc1ccc(F)cc1. The molecule has 25 heavy (non-hydrogen) atoms. The van der Waals surface area contributed by atoms with Crippen LogP contribution in [0.5, 0.6) is 5.75 Å². The highest BCUT2D eigenvalue weighted by Crippen LogP contribution is 2.24. The number of nitrogens with one attached hydrogen (secondary N) is 1. The minimum absolute atomic E-state index is 0.103. The zero-order valence-corrected chi connectivity index (χ0v) is 14.6. The van der Waals surface area contributed by atoms with Crippen LogP contribution in [0.15, 0.2) is 42.5 Å². The quantitative estimate of drug-likeness (QED) is 0.725. The van der Waals surface area contributed by atoms with Crippen molar-refractivity contribution in [3.8, 4) is 5.75 Å². The summed E-state index contributed by atoms with van der Waals surface area (Å²) in [5.74, 6) is -0.354. The molecule has 0 radical (unpaired) electrons. The zero-order chi connectivity index (χ0) is 18.2. The van der Waals surface area contributed by atoms with Gasteiger partial charge in [0.25, 0.3) is 5.91 Å². The molecule has 4 nitrogen and oxygen atoms in total. The molecule has 0 aliphatic heterocycles. The molecule has 0 saturated carbocycles. The van der Waals surface area contributed by atoms with Gasteiger partial charge in [0.05, 0.1) is 5.56 Å². The maximum absolute atomic E-state index is 12.8. The van der Waals surface area contributed by atoms with E-state index in [0.717, 1.165) is 5.56 Å². The first-order valence-electron chi connectivity index (χ1n) is 7.96. The fraction of sp³-hybridized carbons (Fsp3) is 0.263. The van der Waals surface area contributed by atoms with Gasteiger partial charge in [-0.2, -0.15) is 0 Å². The minimum atomic E-state index is -0.299. The van der Waals surface area contributed by atoms with Crippen LogP contribution in [0.4, 0.5) is 4.39 Å². The predicted molar refractivity (Wildman–Crippen MR) is 94.7 cm³/mol. The Hall–Kier alpha value is -2.40. The molecule has 0 spiro atoms. The van der Waals surface area contributed by atoms with Gasteiger partial charge in [0, 0.05) is 18.0 Å². The van der Waals surface area contributed by atoms with Gasteiger partial charge in [0.15, 0.2) is 12.4 Å². The van der Waals surface area contributed by atoms with Crippen LogP contribution in [-0.2, 0) is 11.2 Å². The van der Waals surface area contributed by atoms with Crippen molar-refractivity contribution in [3.05, 3.63) is 64.4 Å². The minimum Gasteiger partial charge on any atom is -0.483 e. The topological polar surface area (TPSA) is 55.4 Å². The maximum atomic E-state index is 12.8. The van der Waals surface area contributed by atoms with Gasteiger partial charge in [-0.3, -0.25) is 9.59 Å². The number of halogens is 2. The summed E-state index contributed by atoms with van der Waals surface area (Å²) in [6.07, 6.45) is 0.910. The Morgan fingerprint density at radius 2 is 1.88 bits per heavy atom. The number of hydrogen-bond acceptors (Lipinski definition) is 3. The van der Waals surface area contributed by atoms with Crippen LogP contribution in [0.1, 0.15) is 29.3 Å². The van der Waals surface area contributed by atoms with Gasteiger partial charge in [-0.05, 0) is 42.3 Å². The number of hydrogen-bond donors (Lipinski definition) is 1. The number of ether oxygens (including phenoxy) is 1. The molecule has 6 heteroatoms. The smallest absolute Gasteiger partial charge is 0.257 e. The van der Waals surface area contributed by atoms with Gasteiger partial charge >= 0.3 is 0 Å². The maximum Gasteiger partial charge on any atom is 0.257 e. The number of amides is 1. The van der Waals surface area contributed by atoms with E-state index in [-0.39, 0.29) is 24.1 Å². The Bertz CT molecular complexity index is 747. The summed E-state index contributed by atoms with van der Waals surface area (Å²) in [6, 6.07) is 10.8. The van der Waals surface area contributed by atoms with Gasteiger partial charge in [-0.1, -0.05) is 30.7 Å². The fourth-order valence-electron chi connectivity index (χ4n) is 2.23. The number of rotatable bonds is 8. The molecule has 2 aromatic rings. The van der Waals surface area contributed by atoms with Crippen molar-refractivity contribution < 1.29 is 18.7 Å². The lowest BCUT2D eigenvalue weighted by Gasteiger charge is -2.11. The van der Waals surface area contributed by atoms with E-state index in [1.54, 1.807) is 31.2 Å². The molecule has 0 saturated heterocycles. The number of Topliss-reactive ketones (excluding diaryl/α,β-unsaturated/α-hetero) is 1.